The molecule has 0 amide bonds. The van der Waals surface area contributed by atoms with Gasteiger partial charge in [-0.15, -0.1) is 10.2 Å². The molecule has 92 valence electrons. The number of halogens is 3. The Morgan fingerprint density at radius 2 is 1.88 bits per heavy atom. The average molecular weight is 237 g/mol. The second-order valence-electron chi connectivity index (χ2n) is 4.44. The van der Waals surface area contributed by atoms with E-state index in [4.69, 9.17) is 5.73 Å². The van der Waals surface area contributed by atoms with Gasteiger partial charge in [0.2, 0.25) is 0 Å². The monoisotopic (exact) mass is 237 g/mol. The first-order valence-electron chi connectivity index (χ1n) is 4.73. The minimum atomic E-state index is -4.44. The van der Waals surface area contributed by atoms with Crippen LogP contribution in [0.25, 0.3) is 0 Å². The molecule has 1 rings (SSSR count). The van der Waals surface area contributed by atoms with Crippen LogP contribution in [-0.2, 0) is 5.54 Å². The van der Waals surface area contributed by atoms with E-state index in [1.807, 2.05) is 0 Å². The third-order valence-electron chi connectivity index (χ3n) is 1.97. The molecule has 0 aliphatic rings. The molecule has 1 unspecified atom stereocenters. The van der Waals surface area contributed by atoms with Gasteiger partial charge in [-0.05, 0) is 26.0 Å². The third-order valence-corrected chi connectivity index (χ3v) is 1.97. The van der Waals surface area contributed by atoms with Gasteiger partial charge in [0, 0.05) is 6.54 Å². The van der Waals surface area contributed by atoms with Crippen LogP contribution in [0, 0.1) is 0 Å². The molecule has 0 bridgehead atoms. The SMILES string of the molecule is CC(C)(C)n1nnc(C(CN)C(F)(F)F)n1. The van der Waals surface area contributed by atoms with Gasteiger partial charge in [0.25, 0.3) is 0 Å². The second kappa shape index (κ2) is 4.00. The minimum Gasteiger partial charge on any atom is -0.329 e. The summed E-state index contributed by atoms with van der Waals surface area (Å²) in [5.74, 6) is -2.24. The van der Waals surface area contributed by atoms with Crippen LogP contribution in [0.1, 0.15) is 32.5 Å². The molecule has 1 aromatic heterocycles. The number of nitrogens with two attached hydrogens (primary N) is 1. The quantitative estimate of drug-likeness (QED) is 0.834. The number of tetrazole rings is 1. The normalized spacial score (nSPS) is 15.2. The van der Waals surface area contributed by atoms with Gasteiger partial charge in [-0.2, -0.15) is 18.0 Å². The van der Waals surface area contributed by atoms with E-state index in [0.717, 1.165) is 4.80 Å². The Morgan fingerprint density at radius 3 is 2.19 bits per heavy atom. The van der Waals surface area contributed by atoms with Crippen molar-refractivity contribution >= 4 is 0 Å². The molecule has 1 aromatic rings. The van der Waals surface area contributed by atoms with Gasteiger partial charge in [-0.1, -0.05) is 0 Å². The summed E-state index contributed by atoms with van der Waals surface area (Å²) in [7, 11) is 0. The smallest absolute Gasteiger partial charge is 0.329 e. The van der Waals surface area contributed by atoms with E-state index < -0.39 is 24.2 Å². The first-order chi connectivity index (χ1) is 7.16. The maximum atomic E-state index is 12.5. The fourth-order valence-corrected chi connectivity index (χ4v) is 1.03. The molecule has 2 N–H and O–H groups in total. The van der Waals surface area contributed by atoms with Gasteiger partial charge in [0.15, 0.2) is 5.82 Å². The molecule has 0 spiro atoms. The van der Waals surface area contributed by atoms with Crippen LogP contribution in [0.3, 0.4) is 0 Å². The highest BCUT2D eigenvalue weighted by Gasteiger charge is 2.43. The van der Waals surface area contributed by atoms with Crippen molar-refractivity contribution in [1.82, 2.24) is 20.2 Å². The largest absolute Gasteiger partial charge is 0.400 e. The van der Waals surface area contributed by atoms with E-state index in [0.29, 0.717) is 0 Å². The number of rotatable bonds is 2. The van der Waals surface area contributed by atoms with Crippen molar-refractivity contribution in [2.45, 2.75) is 38.4 Å². The Balaban J connectivity index is 3.01. The lowest BCUT2D eigenvalue weighted by Crippen LogP contribution is -2.30. The Hall–Kier alpha value is -1.18. The van der Waals surface area contributed by atoms with Crippen molar-refractivity contribution in [3.63, 3.8) is 0 Å². The Kier molecular flexibility index (Phi) is 3.22. The molecule has 0 radical (unpaired) electrons. The topological polar surface area (TPSA) is 69.6 Å². The molecule has 0 saturated heterocycles. The highest BCUT2D eigenvalue weighted by molar-refractivity contribution is 4.97. The predicted molar refractivity (Wildman–Crippen MR) is 50.7 cm³/mol. The summed E-state index contributed by atoms with van der Waals surface area (Å²) < 4.78 is 37.5. The molecule has 1 atom stereocenters. The lowest BCUT2D eigenvalue weighted by atomic mass is 10.1. The maximum Gasteiger partial charge on any atom is 0.400 e. The highest BCUT2D eigenvalue weighted by atomic mass is 19.4. The number of hydrogen-bond donors (Lipinski definition) is 1. The van der Waals surface area contributed by atoms with Crippen LogP contribution >= 0.6 is 0 Å². The van der Waals surface area contributed by atoms with Gasteiger partial charge in [-0.3, -0.25) is 0 Å². The zero-order valence-electron chi connectivity index (χ0n) is 9.28. The summed E-state index contributed by atoms with van der Waals surface area (Å²) in [6.45, 7) is 4.72. The number of aromatic nitrogens is 4. The van der Waals surface area contributed by atoms with Crippen LogP contribution in [0.2, 0.25) is 0 Å². The zero-order valence-corrected chi connectivity index (χ0v) is 9.28. The van der Waals surface area contributed by atoms with E-state index in [1.54, 1.807) is 20.8 Å². The van der Waals surface area contributed by atoms with Gasteiger partial charge < -0.3 is 5.73 Å². The fraction of sp³-hybridized carbons (Fsp3) is 0.875. The maximum absolute atomic E-state index is 12.5. The summed E-state index contributed by atoms with van der Waals surface area (Å²) in [5.41, 5.74) is 4.57. The molecule has 16 heavy (non-hydrogen) atoms. The number of hydrogen-bond acceptors (Lipinski definition) is 4. The van der Waals surface area contributed by atoms with Crippen molar-refractivity contribution < 1.29 is 13.2 Å². The highest BCUT2D eigenvalue weighted by Crippen LogP contribution is 2.31. The molecular formula is C8H14F3N5. The Bertz CT molecular complexity index is 351. The van der Waals surface area contributed by atoms with Crippen molar-refractivity contribution in [2.24, 2.45) is 5.73 Å². The van der Waals surface area contributed by atoms with Gasteiger partial charge in [-0.25, -0.2) is 0 Å². The van der Waals surface area contributed by atoms with E-state index in [1.165, 1.54) is 0 Å². The predicted octanol–water partition coefficient (Wildman–Crippen LogP) is 1.03. The minimum absolute atomic E-state index is 0.384. The molecule has 0 saturated carbocycles. The lowest BCUT2D eigenvalue weighted by Gasteiger charge is -2.17. The van der Waals surface area contributed by atoms with E-state index >= 15 is 0 Å². The average Bonchev–Trinajstić information content (AvgIpc) is 2.50. The zero-order chi connectivity index (χ0) is 12.6. The van der Waals surface area contributed by atoms with Gasteiger partial charge >= 0.3 is 6.18 Å². The molecule has 0 aliphatic heterocycles. The number of alkyl halides is 3. The van der Waals surface area contributed by atoms with E-state index in [-0.39, 0.29) is 5.82 Å². The molecule has 0 aliphatic carbocycles. The Labute approximate surface area is 90.8 Å². The first kappa shape index (κ1) is 12.9. The Morgan fingerprint density at radius 1 is 1.31 bits per heavy atom. The second-order valence-corrected chi connectivity index (χ2v) is 4.44. The molecule has 1 heterocycles. The summed E-state index contributed by atoms with van der Waals surface area (Å²) >= 11 is 0. The lowest BCUT2D eigenvalue weighted by molar-refractivity contribution is -0.149. The fourth-order valence-electron chi connectivity index (χ4n) is 1.03. The number of nitrogens with zero attached hydrogens (tertiary/aromatic N) is 4. The van der Waals surface area contributed by atoms with Crippen molar-refractivity contribution in [2.75, 3.05) is 6.54 Å². The van der Waals surface area contributed by atoms with Crippen LogP contribution in [0.5, 0.6) is 0 Å². The van der Waals surface area contributed by atoms with Gasteiger partial charge in [0.05, 0.1) is 5.54 Å². The summed E-state index contributed by atoms with van der Waals surface area (Å²) in [6.07, 6.45) is -4.44. The van der Waals surface area contributed by atoms with Gasteiger partial charge in [0.1, 0.15) is 5.92 Å². The van der Waals surface area contributed by atoms with Crippen molar-refractivity contribution in [1.29, 1.82) is 0 Å². The van der Waals surface area contributed by atoms with E-state index in [2.05, 4.69) is 15.4 Å². The van der Waals surface area contributed by atoms with Crippen LogP contribution in [0.4, 0.5) is 13.2 Å². The van der Waals surface area contributed by atoms with Crippen LogP contribution in [0.15, 0.2) is 0 Å². The van der Waals surface area contributed by atoms with Crippen LogP contribution in [-0.4, -0.2) is 32.9 Å². The molecule has 5 nitrogen and oxygen atoms in total. The molecule has 0 fully saturated rings. The molecular weight excluding hydrogens is 223 g/mol. The van der Waals surface area contributed by atoms with Crippen molar-refractivity contribution in [3.05, 3.63) is 5.82 Å². The third kappa shape index (κ3) is 2.69. The molecule has 0 aromatic carbocycles. The van der Waals surface area contributed by atoms with E-state index in [9.17, 15) is 13.2 Å². The summed E-state index contributed by atoms with van der Waals surface area (Å²) in [6, 6.07) is 0. The standard InChI is InChI=1S/C8H14F3N5/c1-7(2,3)16-14-6(13-15-16)5(4-12)8(9,10)11/h5H,4,12H2,1-3H3. The summed E-state index contributed by atoms with van der Waals surface area (Å²) in [5, 5.41) is 10.7. The van der Waals surface area contributed by atoms with Crippen molar-refractivity contribution in [3.8, 4) is 0 Å². The van der Waals surface area contributed by atoms with Crippen LogP contribution < -0.4 is 5.73 Å². The summed E-state index contributed by atoms with van der Waals surface area (Å²) in [4.78, 5) is 1.15. The first-order valence-corrected chi connectivity index (χ1v) is 4.73. The molecule has 8 heteroatoms.